The van der Waals surface area contributed by atoms with Crippen LogP contribution in [0.25, 0.3) is 5.82 Å². The van der Waals surface area contributed by atoms with Crippen molar-refractivity contribution in [1.29, 1.82) is 0 Å². The minimum atomic E-state index is -0.753. The number of nitrogens with zero attached hydrogens (tertiary/aromatic N) is 5. The Labute approximate surface area is 104 Å². The average Bonchev–Trinajstić information content (AvgIpc) is 2.77. The van der Waals surface area contributed by atoms with Crippen molar-refractivity contribution >= 4 is 23.2 Å². The van der Waals surface area contributed by atoms with Crippen LogP contribution in [0.1, 0.15) is 10.5 Å². The van der Waals surface area contributed by atoms with Gasteiger partial charge in [-0.3, -0.25) is 14.9 Å². The molecule has 0 aromatic carbocycles. The standard InChI is InChI=1S/C8H5ClN6O3/c9-6-5(15(17)18)8(12-3-11-6)14-2-1-4(13-14)7(10)16/h1-3H,(H2,10,16). The summed E-state index contributed by atoms with van der Waals surface area (Å²) in [6.07, 6.45) is 2.36. The van der Waals surface area contributed by atoms with Crippen LogP contribution < -0.4 is 5.73 Å². The van der Waals surface area contributed by atoms with Gasteiger partial charge in [-0.1, -0.05) is 11.6 Å². The fourth-order valence-electron chi connectivity index (χ4n) is 1.25. The maximum absolute atomic E-state index is 10.9. The molecule has 2 rings (SSSR count). The van der Waals surface area contributed by atoms with Crippen LogP contribution >= 0.6 is 11.6 Å². The van der Waals surface area contributed by atoms with Gasteiger partial charge in [-0.25, -0.2) is 14.6 Å². The third kappa shape index (κ3) is 1.98. The van der Waals surface area contributed by atoms with Crippen molar-refractivity contribution in [1.82, 2.24) is 19.7 Å². The second-order valence-electron chi connectivity index (χ2n) is 3.10. The molecular weight excluding hydrogens is 264 g/mol. The highest BCUT2D eigenvalue weighted by Gasteiger charge is 2.23. The largest absolute Gasteiger partial charge is 0.364 e. The van der Waals surface area contributed by atoms with Crippen molar-refractivity contribution in [3.63, 3.8) is 0 Å². The van der Waals surface area contributed by atoms with Crippen LogP contribution in [0.2, 0.25) is 5.15 Å². The van der Waals surface area contributed by atoms with Crippen molar-refractivity contribution in [2.45, 2.75) is 0 Å². The van der Waals surface area contributed by atoms with E-state index in [4.69, 9.17) is 17.3 Å². The second-order valence-corrected chi connectivity index (χ2v) is 3.46. The Morgan fingerprint density at radius 1 is 1.50 bits per heavy atom. The number of hydrogen-bond donors (Lipinski definition) is 1. The first-order valence-electron chi connectivity index (χ1n) is 4.51. The Hall–Kier alpha value is -2.55. The van der Waals surface area contributed by atoms with E-state index in [1.807, 2.05) is 0 Å². The smallest absolute Gasteiger partial charge is 0.350 e. The molecule has 2 aromatic heterocycles. The van der Waals surface area contributed by atoms with Gasteiger partial charge in [-0.05, 0) is 6.07 Å². The minimum absolute atomic E-state index is 0.0426. The number of aromatic nitrogens is 4. The maximum atomic E-state index is 10.9. The molecule has 0 radical (unpaired) electrons. The zero-order valence-electron chi connectivity index (χ0n) is 8.65. The van der Waals surface area contributed by atoms with Gasteiger partial charge in [0.05, 0.1) is 4.92 Å². The lowest BCUT2D eigenvalue weighted by Gasteiger charge is -2.01. The molecule has 0 saturated carbocycles. The van der Waals surface area contributed by atoms with Crippen LogP contribution in [0.15, 0.2) is 18.6 Å². The highest BCUT2D eigenvalue weighted by Crippen LogP contribution is 2.26. The molecule has 10 heteroatoms. The van der Waals surface area contributed by atoms with Crippen LogP contribution in [0, 0.1) is 10.1 Å². The lowest BCUT2D eigenvalue weighted by molar-refractivity contribution is -0.385. The summed E-state index contributed by atoms with van der Waals surface area (Å²) in [6, 6.07) is 1.31. The molecular formula is C8H5ClN6O3. The van der Waals surface area contributed by atoms with Gasteiger partial charge < -0.3 is 5.73 Å². The molecule has 0 spiro atoms. The van der Waals surface area contributed by atoms with Crippen LogP contribution in [0.4, 0.5) is 5.69 Å². The molecule has 2 heterocycles. The summed E-state index contributed by atoms with van der Waals surface area (Å²) in [5.41, 5.74) is 4.48. The van der Waals surface area contributed by atoms with Crippen molar-refractivity contribution in [2.75, 3.05) is 0 Å². The molecule has 0 bridgehead atoms. The Bertz CT molecular complexity index is 640. The molecule has 2 aromatic rings. The number of nitro groups is 1. The Morgan fingerprint density at radius 3 is 2.78 bits per heavy atom. The molecule has 0 atom stereocenters. The van der Waals surface area contributed by atoms with E-state index >= 15 is 0 Å². The quantitative estimate of drug-likeness (QED) is 0.485. The summed E-state index contributed by atoms with van der Waals surface area (Å²) in [5, 5.41) is 14.3. The Morgan fingerprint density at radius 2 is 2.22 bits per heavy atom. The maximum Gasteiger partial charge on any atom is 0.350 e. The van der Waals surface area contributed by atoms with E-state index in [0.29, 0.717) is 0 Å². The topological polar surface area (TPSA) is 130 Å². The first kappa shape index (κ1) is 11.9. The molecule has 0 aliphatic heterocycles. The van der Waals surface area contributed by atoms with Crippen molar-refractivity contribution in [3.05, 3.63) is 39.6 Å². The summed E-state index contributed by atoms with van der Waals surface area (Å²) >= 11 is 5.62. The molecule has 92 valence electrons. The number of rotatable bonds is 3. The summed E-state index contributed by atoms with van der Waals surface area (Å²) in [4.78, 5) is 28.2. The van der Waals surface area contributed by atoms with E-state index in [1.54, 1.807) is 0 Å². The lowest BCUT2D eigenvalue weighted by Crippen LogP contribution is -2.13. The average molecular weight is 269 g/mol. The molecule has 2 N–H and O–H groups in total. The third-order valence-electron chi connectivity index (χ3n) is 2.00. The van der Waals surface area contributed by atoms with E-state index in [-0.39, 0.29) is 16.7 Å². The Kier molecular flexibility index (Phi) is 2.90. The number of carbonyl (C=O) groups is 1. The number of nitrogens with two attached hydrogens (primary N) is 1. The molecule has 0 unspecified atom stereocenters. The van der Waals surface area contributed by atoms with E-state index in [0.717, 1.165) is 11.0 Å². The summed E-state index contributed by atoms with van der Waals surface area (Å²) in [6.45, 7) is 0. The van der Waals surface area contributed by atoms with Gasteiger partial charge >= 0.3 is 5.69 Å². The molecule has 18 heavy (non-hydrogen) atoms. The third-order valence-corrected chi connectivity index (χ3v) is 2.28. The lowest BCUT2D eigenvalue weighted by atomic mass is 10.4. The predicted molar refractivity (Wildman–Crippen MR) is 59.3 cm³/mol. The van der Waals surface area contributed by atoms with E-state index in [2.05, 4.69) is 15.1 Å². The highest BCUT2D eigenvalue weighted by molar-refractivity contribution is 6.31. The summed E-state index contributed by atoms with van der Waals surface area (Å²) in [5.74, 6) is -0.899. The van der Waals surface area contributed by atoms with Gasteiger partial charge in [-0.15, -0.1) is 0 Å². The van der Waals surface area contributed by atoms with Crippen molar-refractivity contribution in [3.8, 4) is 5.82 Å². The van der Waals surface area contributed by atoms with Gasteiger partial charge in [0.15, 0.2) is 0 Å². The molecule has 9 nitrogen and oxygen atoms in total. The fourth-order valence-corrected chi connectivity index (χ4v) is 1.44. The molecule has 1 amide bonds. The van der Waals surface area contributed by atoms with Crippen LogP contribution in [-0.2, 0) is 0 Å². The summed E-state index contributed by atoms with van der Waals surface area (Å²) in [7, 11) is 0. The summed E-state index contributed by atoms with van der Waals surface area (Å²) < 4.78 is 1.03. The normalized spacial score (nSPS) is 10.3. The molecule has 0 saturated heterocycles. The predicted octanol–water partition coefficient (Wildman–Crippen LogP) is 0.323. The first-order valence-corrected chi connectivity index (χ1v) is 4.89. The van der Waals surface area contributed by atoms with Crippen LogP contribution in [0.3, 0.4) is 0 Å². The molecule has 0 fully saturated rings. The first-order chi connectivity index (χ1) is 8.50. The van der Waals surface area contributed by atoms with E-state index in [1.165, 1.54) is 12.3 Å². The number of amides is 1. The zero-order chi connectivity index (χ0) is 13.3. The minimum Gasteiger partial charge on any atom is -0.364 e. The number of hydrogen-bond acceptors (Lipinski definition) is 6. The van der Waals surface area contributed by atoms with Crippen LogP contribution in [-0.4, -0.2) is 30.6 Å². The van der Waals surface area contributed by atoms with Crippen molar-refractivity contribution in [2.24, 2.45) is 5.73 Å². The highest BCUT2D eigenvalue weighted by atomic mass is 35.5. The SMILES string of the molecule is NC(=O)c1ccn(-c2ncnc(Cl)c2[N+](=O)[O-])n1. The van der Waals surface area contributed by atoms with Gasteiger partial charge in [0.1, 0.15) is 12.0 Å². The van der Waals surface area contributed by atoms with Crippen molar-refractivity contribution < 1.29 is 9.72 Å². The monoisotopic (exact) mass is 268 g/mol. The Balaban J connectivity index is 2.59. The van der Waals surface area contributed by atoms with E-state index < -0.39 is 16.5 Å². The molecule has 0 aliphatic rings. The van der Waals surface area contributed by atoms with E-state index in [9.17, 15) is 14.9 Å². The van der Waals surface area contributed by atoms with Crippen LogP contribution in [0.5, 0.6) is 0 Å². The van der Waals surface area contributed by atoms with Gasteiger partial charge in [0, 0.05) is 6.20 Å². The zero-order valence-corrected chi connectivity index (χ0v) is 9.40. The van der Waals surface area contributed by atoms with Gasteiger partial charge in [-0.2, -0.15) is 5.10 Å². The van der Waals surface area contributed by atoms with Gasteiger partial charge in [0.2, 0.25) is 11.0 Å². The molecule has 0 aliphatic carbocycles. The van der Waals surface area contributed by atoms with Gasteiger partial charge in [0.25, 0.3) is 5.91 Å². The number of halogens is 1. The second kappa shape index (κ2) is 4.37. The number of carbonyl (C=O) groups excluding carboxylic acids is 1. The fraction of sp³-hybridized carbons (Fsp3) is 0. The number of primary amides is 1.